The van der Waals surface area contributed by atoms with Crippen LogP contribution in [0, 0.1) is 0 Å². The van der Waals surface area contributed by atoms with Crippen molar-refractivity contribution in [1.82, 2.24) is 25.2 Å². The van der Waals surface area contributed by atoms with Crippen LogP contribution in [0.2, 0.25) is 0 Å². The molecule has 3 N–H and O–H groups in total. The molecule has 0 atom stereocenters. The van der Waals surface area contributed by atoms with Crippen LogP contribution in [0.1, 0.15) is 19.3 Å². The summed E-state index contributed by atoms with van der Waals surface area (Å²) in [5, 5.41) is 6.52. The minimum Gasteiger partial charge on any atom is -0.490 e. The quantitative estimate of drug-likeness (QED) is 0.456. The number of fused-ring (bicyclic) bond motifs is 1. The van der Waals surface area contributed by atoms with Gasteiger partial charge in [0.15, 0.2) is 0 Å². The number of nitrogens with zero attached hydrogens (tertiary/aromatic N) is 3. The van der Waals surface area contributed by atoms with Gasteiger partial charge in [-0.1, -0.05) is 0 Å². The zero-order valence-electron chi connectivity index (χ0n) is 18.1. The molecule has 3 heterocycles. The Balaban J connectivity index is 1.53. The Morgan fingerprint density at radius 2 is 2.13 bits per heavy atom. The predicted octanol–water partition coefficient (Wildman–Crippen LogP) is 3.25. The third-order valence-corrected chi connectivity index (χ3v) is 5.01. The molecule has 0 aromatic carbocycles. The molecular formula is C22H28N6O3. The van der Waals surface area contributed by atoms with Crippen molar-refractivity contribution < 1.29 is 14.3 Å². The molecule has 9 heteroatoms. The van der Waals surface area contributed by atoms with E-state index in [1.165, 1.54) is 0 Å². The standard InChI is InChI=1S/C22H28N6O3/c1-28(2)12-4-10-24-22(29)27-18-8-7-15-16(13-25-20(15)26-18)19-17(31-14-5-6-14)9-11-23-21(19)30-3/h7-9,11,13-14H,4-6,10,12H2,1-3H3,(H3,24,25,26,27,29). The Labute approximate surface area is 181 Å². The van der Waals surface area contributed by atoms with Gasteiger partial charge in [-0.25, -0.2) is 14.8 Å². The van der Waals surface area contributed by atoms with Crippen molar-refractivity contribution in [2.45, 2.75) is 25.4 Å². The number of carbonyl (C=O) groups excluding carboxylic acids is 1. The molecule has 1 aliphatic rings. The topological polar surface area (TPSA) is 104 Å². The van der Waals surface area contributed by atoms with E-state index in [4.69, 9.17) is 9.47 Å². The van der Waals surface area contributed by atoms with Crippen LogP contribution >= 0.6 is 0 Å². The van der Waals surface area contributed by atoms with Gasteiger partial charge < -0.3 is 24.7 Å². The van der Waals surface area contributed by atoms with Gasteiger partial charge in [-0.15, -0.1) is 0 Å². The molecule has 0 aliphatic heterocycles. The van der Waals surface area contributed by atoms with Crippen molar-refractivity contribution in [2.24, 2.45) is 0 Å². The molecule has 9 nitrogen and oxygen atoms in total. The largest absolute Gasteiger partial charge is 0.490 e. The third kappa shape index (κ3) is 5.05. The fraction of sp³-hybridized carbons (Fsp3) is 0.409. The van der Waals surface area contributed by atoms with Crippen LogP contribution < -0.4 is 20.1 Å². The zero-order chi connectivity index (χ0) is 21.8. The average molecular weight is 425 g/mol. The van der Waals surface area contributed by atoms with Crippen molar-refractivity contribution in [1.29, 1.82) is 0 Å². The number of anilines is 1. The maximum Gasteiger partial charge on any atom is 0.320 e. The van der Waals surface area contributed by atoms with Gasteiger partial charge in [0, 0.05) is 29.9 Å². The minimum atomic E-state index is -0.272. The first-order chi connectivity index (χ1) is 15.0. The zero-order valence-corrected chi connectivity index (χ0v) is 18.1. The Morgan fingerprint density at radius 1 is 1.29 bits per heavy atom. The summed E-state index contributed by atoms with van der Waals surface area (Å²) >= 11 is 0. The van der Waals surface area contributed by atoms with E-state index >= 15 is 0 Å². The van der Waals surface area contributed by atoms with Gasteiger partial charge >= 0.3 is 6.03 Å². The smallest absolute Gasteiger partial charge is 0.320 e. The van der Waals surface area contributed by atoms with E-state index in [-0.39, 0.29) is 12.1 Å². The lowest BCUT2D eigenvalue weighted by molar-refractivity contribution is 0.251. The molecule has 4 rings (SSSR count). The molecule has 164 valence electrons. The van der Waals surface area contributed by atoms with Gasteiger partial charge in [0.25, 0.3) is 0 Å². The lowest BCUT2D eigenvalue weighted by Crippen LogP contribution is -2.31. The number of ether oxygens (including phenoxy) is 2. The van der Waals surface area contributed by atoms with E-state index in [2.05, 4.69) is 30.5 Å². The van der Waals surface area contributed by atoms with Gasteiger partial charge in [-0.2, -0.15) is 0 Å². The summed E-state index contributed by atoms with van der Waals surface area (Å²) in [6, 6.07) is 5.29. The van der Waals surface area contributed by atoms with Crippen LogP contribution in [0.4, 0.5) is 10.6 Å². The number of nitrogens with one attached hydrogen (secondary N) is 3. The second-order valence-corrected chi connectivity index (χ2v) is 7.84. The molecule has 1 fully saturated rings. The van der Waals surface area contributed by atoms with Gasteiger partial charge in [-0.3, -0.25) is 5.32 Å². The van der Waals surface area contributed by atoms with Gasteiger partial charge in [0.1, 0.15) is 17.2 Å². The maximum atomic E-state index is 12.1. The number of H-pyrrole nitrogens is 1. The monoisotopic (exact) mass is 424 g/mol. The van der Waals surface area contributed by atoms with Crippen LogP contribution in [-0.2, 0) is 0 Å². The van der Waals surface area contributed by atoms with Crippen molar-refractivity contribution in [3.63, 3.8) is 0 Å². The highest BCUT2D eigenvalue weighted by Gasteiger charge is 2.27. The Kier molecular flexibility index (Phi) is 6.22. The van der Waals surface area contributed by atoms with Gasteiger partial charge in [0.05, 0.1) is 18.8 Å². The molecule has 1 saturated carbocycles. The number of aromatic nitrogens is 3. The number of aromatic amines is 1. The number of rotatable bonds is 9. The SMILES string of the molecule is COc1nccc(OC2CC2)c1-c1c[nH]c2nc(NC(=O)NCCCN(C)C)ccc12. The number of amides is 2. The van der Waals surface area contributed by atoms with Crippen molar-refractivity contribution in [3.05, 3.63) is 30.6 Å². The van der Waals surface area contributed by atoms with Crippen molar-refractivity contribution in [2.75, 3.05) is 39.6 Å². The van der Waals surface area contributed by atoms with Crippen LogP contribution in [0.15, 0.2) is 30.6 Å². The summed E-state index contributed by atoms with van der Waals surface area (Å²) in [6.07, 6.45) is 6.80. The minimum absolute atomic E-state index is 0.251. The fourth-order valence-electron chi connectivity index (χ4n) is 3.33. The highest BCUT2D eigenvalue weighted by atomic mass is 16.5. The summed E-state index contributed by atoms with van der Waals surface area (Å²) in [5.74, 6) is 1.71. The summed E-state index contributed by atoms with van der Waals surface area (Å²) < 4.78 is 11.6. The summed E-state index contributed by atoms with van der Waals surface area (Å²) in [4.78, 5) is 26.3. The molecule has 1 aliphatic carbocycles. The van der Waals surface area contributed by atoms with Crippen molar-refractivity contribution >= 4 is 22.9 Å². The summed E-state index contributed by atoms with van der Waals surface area (Å²) in [7, 11) is 5.61. The number of pyridine rings is 2. The molecule has 0 unspecified atom stereocenters. The molecular weight excluding hydrogens is 396 g/mol. The van der Waals surface area contributed by atoms with E-state index in [0.717, 1.165) is 48.1 Å². The Hall–Kier alpha value is -3.33. The van der Waals surface area contributed by atoms with E-state index in [9.17, 15) is 4.79 Å². The van der Waals surface area contributed by atoms with E-state index < -0.39 is 0 Å². The second kappa shape index (κ2) is 9.22. The highest BCUT2D eigenvalue weighted by molar-refractivity contribution is 5.98. The molecule has 3 aromatic rings. The van der Waals surface area contributed by atoms with Crippen LogP contribution in [-0.4, -0.2) is 66.3 Å². The third-order valence-electron chi connectivity index (χ3n) is 5.01. The lowest BCUT2D eigenvalue weighted by Gasteiger charge is -2.13. The van der Waals surface area contributed by atoms with Crippen molar-refractivity contribution in [3.8, 4) is 22.8 Å². The van der Waals surface area contributed by atoms with Gasteiger partial charge in [-0.05, 0) is 58.1 Å². The number of hydrogen-bond acceptors (Lipinski definition) is 6. The van der Waals surface area contributed by atoms with E-state index in [1.807, 2.05) is 32.4 Å². The number of urea groups is 1. The number of methoxy groups -OCH3 is 1. The first-order valence-corrected chi connectivity index (χ1v) is 10.4. The summed E-state index contributed by atoms with van der Waals surface area (Å²) in [6.45, 7) is 1.52. The Bertz CT molecular complexity index is 1060. The first-order valence-electron chi connectivity index (χ1n) is 10.4. The molecule has 31 heavy (non-hydrogen) atoms. The first kappa shape index (κ1) is 20.9. The fourth-order valence-corrected chi connectivity index (χ4v) is 3.33. The molecule has 0 radical (unpaired) electrons. The molecule has 0 bridgehead atoms. The van der Waals surface area contributed by atoms with Gasteiger partial charge in [0.2, 0.25) is 5.88 Å². The normalized spacial score (nSPS) is 13.4. The van der Waals surface area contributed by atoms with Crippen LogP contribution in [0.3, 0.4) is 0 Å². The molecule has 3 aromatic heterocycles. The second-order valence-electron chi connectivity index (χ2n) is 7.84. The van der Waals surface area contributed by atoms with E-state index in [1.54, 1.807) is 19.4 Å². The Morgan fingerprint density at radius 3 is 2.87 bits per heavy atom. The van der Waals surface area contributed by atoms with Crippen LogP contribution in [0.25, 0.3) is 22.2 Å². The maximum absolute atomic E-state index is 12.1. The molecule has 2 amide bonds. The average Bonchev–Trinajstić information content (AvgIpc) is 3.47. The molecule has 0 saturated heterocycles. The highest BCUT2D eigenvalue weighted by Crippen LogP contribution is 2.42. The number of carbonyl (C=O) groups is 1. The molecule has 0 spiro atoms. The predicted molar refractivity (Wildman–Crippen MR) is 120 cm³/mol. The number of hydrogen-bond donors (Lipinski definition) is 3. The van der Waals surface area contributed by atoms with E-state index in [0.29, 0.717) is 23.9 Å². The lowest BCUT2D eigenvalue weighted by atomic mass is 10.1. The van der Waals surface area contributed by atoms with Crippen LogP contribution in [0.5, 0.6) is 11.6 Å². The summed E-state index contributed by atoms with van der Waals surface area (Å²) in [5.41, 5.74) is 2.34.